The van der Waals surface area contributed by atoms with E-state index in [4.69, 9.17) is 9.47 Å². The first-order chi connectivity index (χ1) is 13.6. The largest absolute Gasteiger partial charge is 0.493 e. The number of carbonyl (C=O) groups excluding carboxylic acids is 1. The van der Waals surface area contributed by atoms with Gasteiger partial charge in [-0.15, -0.1) is 10.2 Å². The van der Waals surface area contributed by atoms with Crippen LogP contribution < -0.4 is 14.8 Å². The van der Waals surface area contributed by atoms with E-state index in [1.165, 1.54) is 6.08 Å². The number of rotatable bonds is 6. The molecule has 3 heterocycles. The van der Waals surface area contributed by atoms with Crippen molar-refractivity contribution in [1.29, 1.82) is 0 Å². The van der Waals surface area contributed by atoms with E-state index in [-0.39, 0.29) is 18.6 Å². The van der Waals surface area contributed by atoms with Crippen molar-refractivity contribution < 1.29 is 14.3 Å². The van der Waals surface area contributed by atoms with Crippen molar-refractivity contribution in [3.63, 3.8) is 0 Å². The number of nitrogens with one attached hydrogen (secondary N) is 1. The van der Waals surface area contributed by atoms with Crippen LogP contribution in [0.25, 0.3) is 11.7 Å². The fourth-order valence-electron chi connectivity index (χ4n) is 3.27. The predicted octanol–water partition coefficient (Wildman–Crippen LogP) is 2.78. The Balaban J connectivity index is 1.46. The lowest BCUT2D eigenvalue weighted by Crippen LogP contribution is -2.21. The molecular weight excluding hydrogens is 356 g/mol. The van der Waals surface area contributed by atoms with Crippen LogP contribution in [0.15, 0.2) is 42.6 Å². The topological polar surface area (TPSA) is 77.8 Å². The number of ether oxygens (including phenoxy) is 2. The molecule has 1 aliphatic rings. The summed E-state index contributed by atoms with van der Waals surface area (Å²) in [5, 5.41) is 11.0. The third kappa shape index (κ3) is 3.69. The molecule has 0 aliphatic carbocycles. The van der Waals surface area contributed by atoms with E-state index in [9.17, 15) is 4.79 Å². The average Bonchev–Trinajstić information content (AvgIpc) is 3.26. The zero-order valence-electron chi connectivity index (χ0n) is 15.9. The van der Waals surface area contributed by atoms with E-state index < -0.39 is 0 Å². The third-order valence-electron chi connectivity index (χ3n) is 4.55. The van der Waals surface area contributed by atoms with Crippen LogP contribution in [-0.4, -0.2) is 33.2 Å². The summed E-state index contributed by atoms with van der Waals surface area (Å²) in [5.41, 5.74) is 2.70. The minimum absolute atomic E-state index is 0.157. The Morgan fingerprint density at radius 3 is 3.14 bits per heavy atom. The average molecular weight is 378 g/mol. The number of fused-ring (bicyclic) bond motifs is 2. The van der Waals surface area contributed by atoms with E-state index in [0.717, 1.165) is 34.7 Å². The van der Waals surface area contributed by atoms with Gasteiger partial charge < -0.3 is 14.8 Å². The normalized spacial score (nSPS) is 15.6. The summed E-state index contributed by atoms with van der Waals surface area (Å²) in [4.78, 5) is 12.3. The van der Waals surface area contributed by atoms with Crippen LogP contribution in [0.2, 0.25) is 0 Å². The highest BCUT2D eigenvalue weighted by Gasteiger charge is 2.21. The first kappa shape index (κ1) is 18.0. The lowest BCUT2D eigenvalue weighted by atomic mass is 10.1. The maximum absolute atomic E-state index is 12.3. The van der Waals surface area contributed by atoms with Crippen LogP contribution in [0.1, 0.15) is 30.8 Å². The van der Waals surface area contributed by atoms with Gasteiger partial charge in [0.15, 0.2) is 11.5 Å². The van der Waals surface area contributed by atoms with Gasteiger partial charge in [-0.2, -0.15) is 0 Å². The van der Waals surface area contributed by atoms with Crippen molar-refractivity contribution >= 4 is 17.6 Å². The van der Waals surface area contributed by atoms with Gasteiger partial charge in [0.05, 0.1) is 13.2 Å². The van der Waals surface area contributed by atoms with Gasteiger partial charge in [-0.05, 0) is 44.2 Å². The number of pyridine rings is 1. The molecule has 4 rings (SSSR count). The molecule has 0 fully saturated rings. The molecule has 0 bridgehead atoms. The van der Waals surface area contributed by atoms with Crippen molar-refractivity contribution in [2.75, 3.05) is 6.61 Å². The van der Waals surface area contributed by atoms with Gasteiger partial charge in [-0.1, -0.05) is 6.07 Å². The van der Waals surface area contributed by atoms with Crippen molar-refractivity contribution in [2.45, 2.75) is 32.9 Å². The van der Waals surface area contributed by atoms with Gasteiger partial charge in [-0.25, -0.2) is 0 Å². The fraction of sp³-hybridized carbons (Fsp3) is 0.286. The summed E-state index contributed by atoms with van der Waals surface area (Å²) in [5.74, 6) is 2.06. The summed E-state index contributed by atoms with van der Waals surface area (Å²) in [7, 11) is 0. The van der Waals surface area contributed by atoms with Gasteiger partial charge in [0.1, 0.15) is 17.6 Å². The first-order valence-electron chi connectivity index (χ1n) is 9.35. The summed E-state index contributed by atoms with van der Waals surface area (Å²) < 4.78 is 13.4. The molecule has 1 unspecified atom stereocenters. The second-order valence-corrected chi connectivity index (χ2v) is 6.66. The Kier molecular flexibility index (Phi) is 4.97. The second kappa shape index (κ2) is 7.72. The van der Waals surface area contributed by atoms with Crippen LogP contribution in [0, 0.1) is 0 Å². The van der Waals surface area contributed by atoms with Crippen LogP contribution in [-0.2, 0) is 17.8 Å². The number of aromatic nitrogens is 3. The Hall–Kier alpha value is -3.35. The van der Waals surface area contributed by atoms with Crippen molar-refractivity contribution in [3.8, 4) is 11.5 Å². The third-order valence-corrected chi connectivity index (χ3v) is 4.55. The Labute approximate surface area is 163 Å². The smallest absolute Gasteiger partial charge is 0.244 e. The SMILES string of the molecule is CCOc1cc2c(cc1/C=C/C(=O)NCc1nnc3ccccn13)OC(C)C2. The Morgan fingerprint density at radius 2 is 2.29 bits per heavy atom. The van der Waals surface area contributed by atoms with Gasteiger partial charge in [0.25, 0.3) is 0 Å². The minimum atomic E-state index is -0.218. The number of nitrogens with zero attached hydrogens (tertiary/aromatic N) is 3. The lowest BCUT2D eigenvalue weighted by Gasteiger charge is -2.10. The lowest BCUT2D eigenvalue weighted by molar-refractivity contribution is -0.116. The molecule has 1 aromatic carbocycles. The van der Waals surface area contributed by atoms with Crippen LogP contribution in [0.4, 0.5) is 0 Å². The van der Waals surface area contributed by atoms with Crippen LogP contribution in [0.5, 0.6) is 11.5 Å². The molecule has 0 spiro atoms. The van der Waals surface area contributed by atoms with E-state index in [1.54, 1.807) is 6.08 Å². The zero-order valence-corrected chi connectivity index (χ0v) is 15.9. The van der Waals surface area contributed by atoms with E-state index in [0.29, 0.717) is 12.4 Å². The summed E-state index contributed by atoms with van der Waals surface area (Å²) in [6.45, 7) is 4.83. The molecule has 2 aromatic heterocycles. The van der Waals surface area contributed by atoms with Gasteiger partial charge in [0, 0.05) is 29.8 Å². The molecule has 0 radical (unpaired) electrons. The number of amides is 1. The highest BCUT2D eigenvalue weighted by molar-refractivity contribution is 5.92. The molecule has 1 aliphatic heterocycles. The maximum Gasteiger partial charge on any atom is 0.244 e. The number of hydrogen-bond acceptors (Lipinski definition) is 5. The van der Waals surface area contributed by atoms with Gasteiger partial charge in [-0.3, -0.25) is 9.20 Å². The minimum Gasteiger partial charge on any atom is -0.493 e. The van der Waals surface area contributed by atoms with Crippen molar-refractivity contribution in [1.82, 2.24) is 19.9 Å². The first-order valence-corrected chi connectivity index (χ1v) is 9.35. The monoisotopic (exact) mass is 378 g/mol. The molecule has 0 saturated heterocycles. The molecule has 1 amide bonds. The van der Waals surface area contributed by atoms with Gasteiger partial charge in [0.2, 0.25) is 5.91 Å². The van der Waals surface area contributed by atoms with E-state index in [1.807, 2.05) is 54.8 Å². The number of carbonyl (C=O) groups is 1. The molecule has 3 aromatic rings. The van der Waals surface area contributed by atoms with Gasteiger partial charge >= 0.3 is 0 Å². The predicted molar refractivity (Wildman–Crippen MR) is 105 cm³/mol. The second-order valence-electron chi connectivity index (χ2n) is 6.66. The van der Waals surface area contributed by atoms with E-state index >= 15 is 0 Å². The molecule has 144 valence electrons. The molecule has 7 nitrogen and oxygen atoms in total. The van der Waals surface area contributed by atoms with Crippen LogP contribution >= 0.6 is 0 Å². The summed E-state index contributed by atoms with van der Waals surface area (Å²) in [6.07, 6.45) is 6.13. The molecule has 1 N–H and O–H groups in total. The zero-order chi connectivity index (χ0) is 19.5. The molecular formula is C21H22N4O3. The van der Waals surface area contributed by atoms with Crippen LogP contribution in [0.3, 0.4) is 0 Å². The molecule has 1 atom stereocenters. The Morgan fingerprint density at radius 1 is 1.39 bits per heavy atom. The van der Waals surface area contributed by atoms with Crippen molar-refractivity contribution in [2.24, 2.45) is 0 Å². The quantitative estimate of drug-likeness (QED) is 0.668. The highest BCUT2D eigenvalue weighted by atomic mass is 16.5. The van der Waals surface area contributed by atoms with Crippen molar-refractivity contribution in [3.05, 3.63) is 59.6 Å². The van der Waals surface area contributed by atoms with E-state index in [2.05, 4.69) is 15.5 Å². The Bertz CT molecular complexity index is 1040. The summed E-state index contributed by atoms with van der Waals surface area (Å²) >= 11 is 0. The number of benzene rings is 1. The standard InChI is InChI=1S/C21H22N4O3/c1-3-27-17-12-16-10-14(2)28-18(16)11-15(17)7-8-21(26)22-13-20-24-23-19-6-4-5-9-25(19)20/h4-9,11-12,14H,3,10,13H2,1-2H3,(H,22,26)/b8-7+. The molecule has 28 heavy (non-hydrogen) atoms. The highest BCUT2D eigenvalue weighted by Crippen LogP contribution is 2.35. The summed E-state index contributed by atoms with van der Waals surface area (Å²) in [6, 6.07) is 9.59. The number of hydrogen-bond donors (Lipinski definition) is 1. The maximum atomic E-state index is 12.3. The molecule has 0 saturated carbocycles. The fourth-order valence-corrected chi connectivity index (χ4v) is 3.27. The molecule has 7 heteroatoms.